The number of aliphatic imine (C=N–C) groups is 1. The van der Waals surface area contributed by atoms with E-state index in [1.54, 1.807) is 45.3 Å². The van der Waals surface area contributed by atoms with E-state index in [1.807, 2.05) is 22.4 Å². The van der Waals surface area contributed by atoms with Gasteiger partial charge in [-0.3, -0.25) is 9.78 Å². The number of halogens is 1. The molecule has 2 aliphatic rings. The second-order valence-electron chi connectivity index (χ2n) is 8.21. The third kappa shape index (κ3) is 5.20. The van der Waals surface area contributed by atoms with E-state index in [0.717, 1.165) is 5.56 Å². The minimum absolute atomic E-state index is 0.0976. The molecule has 9 heteroatoms. The highest BCUT2D eigenvalue weighted by Crippen LogP contribution is 2.44. The molecule has 0 fully saturated rings. The summed E-state index contributed by atoms with van der Waals surface area (Å²) in [6, 6.07) is 9.08. The first-order valence-corrected chi connectivity index (χ1v) is 11.8. The van der Waals surface area contributed by atoms with Crippen LogP contribution < -0.4 is 5.32 Å². The van der Waals surface area contributed by atoms with Crippen LogP contribution in [0.15, 0.2) is 76.2 Å². The molecule has 0 saturated carbocycles. The fourth-order valence-electron chi connectivity index (χ4n) is 3.80. The third-order valence-electron chi connectivity index (χ3n) is 5.33. The Hall–Kier alpha value is -3.46. The Morgan fingerprint density at radius 3 is 2.56 bits per heavy atom. The van der Waals surface area contributed by atoms with Crippen LogP contribution in [0.3, 0.4) is 0 Å². The Morgan fingerprint density at radius 2 is 1.88 bits per heavy atom. The molecule has 1 aromatic carbocycles. The molecule has 1 aromatic heterocycles. The van der Waals surface area contributed by atoms with Crippen molar-refractivity contribution in [3.05, 3.63) is 88.1 Å². The second kappa shape index (κ2) is 10.2. The molecule has 0 spiro atoms. The van der Waals surface area contributed by atoms with Gasteiger partial charge in [-0.15, -0.1) is 0 Å². The summed E-state index contributed by atoms with van der Waals surface area (Å²) in [5.41, 5.74) is 3.26. The van der Waals surface area contributed by atoms with Crippen molar-refractivity contribution in [2.75, 3.05) is 0 Å². The van der Waals surface area contributed by atoms with Gasteiger partial charge in [-0.1, -0.05) is 23.9 Å². The minimum Gasteiger partial charge on any atom is -0.459 e. The van der Waals surface area contributed by atoms with Gasteiger partial charge in [-0.2, -0.15) is 0 Å². The zero-order valence-electron chi connectivity index (χ0n) is 19.1. The monoisotopic (exact) mass is 480 g/mol. The first kappa shape index (κ1) is 23.7. The molecule has 176 valence electrons. The van der Waals surface area contributed by atoms with Crippen LogP contribution in [0.2, 0.25) is 0 Å². The highest BCUT2D eigenvalue weighted by atomic mass is 32.2. The summed E-state index contributed by atoms with van der Waals surface area (Å²) in [4.78, 5) is 36.3. The first-order valence-electron chi connectivity index (χ1n) is 10.9. The molecular formula is C25H25FN4O3S. The van der Waals surface area contributed by atoms with E-state index in [4.69, 9.17) is 4.74 Å². The van der Waals surface area contributed by atoms with Crippen LogP contribution in [0.4, 0.5) is 4.39 Å². The molecule has 2 aromatic rings. The zero-order valence-corrected chi connectivity index (χ0v) is 19.9. The van der Waals surface area contributed by atoms with E-state index in [1.165, 1.54) is 23.9 Å². The maximum absolute atomic E-state index is 13.7. The molecule has 2 aliphatic heterocycles. The van der Waals surface area contributed by atoms with Crippen molar-refractivity contribution >= 4 is 28.8 Å². The van der Waals surface area contributed by atoms with E-state index in [0.29, 0.717) is 34.2 Å². The van der Waals surface area contributed by atoms with Crippen molar-refractivity contribution < 1.29 is 18.7 Å². The number of amidine groups is 1. The lowest BCUT2D eigenvalue weighted by Gasteiger charge is -2.36. The SMILES string of the molecule is CC1=C(C(=O)OC(C)C)C(c2ccc(F)cc2)N2C(CC(=O)NCc3ccncc3)=CSC2=N1. The molecule has 1 atom stereocenters. The first-order chi connectivity index (χ1) is 16.3. The van der Waals surface area contributed by atoms with Gasteiger partial charge in [-0.05, 0) is 61.6 Å². The molecule has 0 bridgehead atoms. The van der Waals surface area contributed by atoms with Gasteiger partial charge in [0.1, 0.15) is 5.82 Å². The molecule has 3 heterocycles. The van der Waals surface area contributed by atoms with Crippen LogP contribution in [0.5, 0.6) is 0 Å². The Morgan fingerprint density at radius 1 is 1.18 bits per heavy atom. The van der Waals surface area contributed by atoms with E-state index in [9.17, 15) is 14.0 Å². The lowest BCUT2D eigenvalue weighted by molar-refractivity contribution is -0.143. The van der Waals surface area contributed by atoms with Gasteiger partial charge < -0.3 is 15.0 Å². The number of hydrogen-bond donors (Lipinski definition) is 1. The largest absolute Gasteiger partial charge is 0.459 e. The number of nitrogens with one attached hydrogen (secondary N) is 1. The zero-order chi connectivity index (χ0) is 24.2. The maximum Gasteiger partial charge on any atom is 0.338 e. The fourth-order valence-corrected chi connectivity index (χ4v) is 4.76. The summed E-state index contributed by atoms with van der Waals surface area (Å²) in [7, 11) is 0. The van der Waals surface area contributed by atoms with Crippen molar-refractivity contribution in [3.63, 3.8) is 0 Å². The van der Waals surface area contributed by atoms with E-state index >= 15 is 0 Å². The van der Waals surface area contributed by atoms with Gasteiger partial charge in [0.25, 0.3) is 0 Å². The van der Waals surface area contributed by atoms with E-state index in [-0.39, 0.29) is 24.2 Å². The molecule has 1 N–H and O–H groups in total. The van der Waals surface area contributed by atoms with Crippen molar-refractivity contribution in [2.45, 2.75) is 45.9 Å². The number of thioether (sulfide) groups is 1. The molecule has 34 heavy (non-hydrogen) atoms. The number of allylic oxidation sites excluding steroid dienone is 1. The Labute approximate surface area is 201 Å². The van der Waals surface area contributed by atoms with Crippen LogP contribution in [0.1, 0.15) is 44.4 Å². The molecule has 1 unspecified atom stereocenters. The predicted molar refractivity (Wildman–Crippen MR) is 129 cm³/mol. The maximum atomic E-state index is 13.7. The topological polar surface area (TPSA) is 83.9 Å². The molecule has 0 saturated heterocycles. The van der Waals surface area contributed by atoms with Crippen LogP contribution in [-0.2, 0) is 20.9 Å². The van der Waals surface area contributed by atoms with Crippen molar-refractivity contribution in [1.82, 2.24) is 15.2 Å². The number of benzene rings is 1. The molecule has 0 radical (unpaired) electrons. The number of carbonyl (C=O) groups is 2. The normalized spacial score (nSPS) is 17.3. The summed E-state index contributed by atoms with van der Waals surface area (Å²) in [6.45, 7) is 5.71. The molecule has 1 amide bonds. The number of pyridine rings is 1. The van der Waals surface area contributed by atoms with E-state index in [2.05, 4.69) is 15.3 Å². The summed E-state index contributed by atoms with van der Waals surface area (Å²) >= 11 is 1.39. The number of rotatable bonds is 7. The summed E-state index contributed by atoms with van der Waals surface area (Å²) in [5, 5.41) is 5.44. The van der Waals surface area contributed by atoms with Crippen molar-refractivity contribution in [1.29, 1.82) is 0 Å². The van der Waals surface area contributed by atoms with Crippen LogP contribution in [0.25, 0.3) is 0 Å². The summed E-state index contributed by atoms with van der Waals surface area (Å²) in [5.74, 6) is -1.02. The summed E-state index contributed by atoms with van der Waals surface area (Å²) in [6.07, 6.45) is 3.14. The molecule has 7 nitrogen and oxygen atoms in total. The fraction of sp³-hybridized carbons (Fsp3) is 0.280. The number of hydrogen-bond acceptors (Lipinski definition) is 7. The standard InChI is InChI=1S/C25H25FN4O3S/c1-15(2)33-24(32)22-16(3)29-25-30(23(22)18-4-6-19(26)7-5-18)20(14-34-25)12-21(31)28-13-17-8-10-27-11-9-17/h4-11,14-15,23H,12-13H2,1-3H3,(H,28,31). The number of carbonyl (C=O) groups excluding carboxylic acids is 2. The van der Waals surface area contributed by atoms with Crippen LogP contribution in [0, 0.1) is 5.82 Å². The lowest BCUT2D eigenvalue weighted by Crippen LogP contribution is -2.38. The highest BCUT2D eigenvalue weighted by Gasteiger charge is 2.41. The van der Waals surface area contributed by atoms with Crippen LogP contribution in [-0.4, -0.2) is 33.0 Å². The third-order valence-corrected chi connectivity index (χ3v) is 6.22. The van der Waals surface area contributed by atoms with E-state index < -0.39 is 12.0 Å². The van der Waals surface area contributed by atoms with Gasteiger partial charge in [0.2, 0.25) is 5.91 Å². The number of amides is 1. The Bertz CT molecular complexity index is 1180. The van der Waals surface area contributed by atoms with Crippen LogP contribution >= 0.6 is 11.8 Å². The second-order valence-corrected chi connectivity index (χ2v) is 9.04. The molecule has 0 aliphatic carbocycles. The number of nitrogens with zero attached hydrogens (tertiary/aromatic N) is 3. The van der Waals surface area contributed by atoms with Gasteiger partial charge in [0.05, 0.1) is 29.8 Å². The Balaban J connectivity index is 1.61. The van der Waals surface area contributed by atoms with Gasteiger partial charge >= 0.3 is 5.97 Å². The van der Waals surface area contributed by atoms with Gasteiger partial charge in [0.15, 0.2) is 5.17 Å². The van der Waals surface area contributed by atoms with Crippen molar-refractivity contribution in [3.8, 4) is 0 Å². The number of ether oxygens (including phenoxy) is 1. The average molecular weight is 481 g/mol. The smallest absolute Gasteiger partial charge is 0.338 e. The average Bonchev–Trinajstić information content (AvgIpc) is 3.19. The minimum atomic E-state index is -0.589. The number of aromatic nitrogens is 1. The summed E-state index contributed by atoms with van der Waals surface area (Å²) < 4.78 is 19.2. The van der Waals surface area contributed by atoms with Crippen molar-refractivity contribution in [2.24, 2.45) is 4.99 Å². The highest BCUT2D eigenvalue weighted by molar-refractivity contribution is 8.16. The predicted octanol–water partition coefficient (Wildman–Crippen LogP) is 4.45. The lowest BCUT2D eigenvalue weighted by atomic mass is 9.93. The quantitative estimate of drug-likeness (QED) is 0.590. The molecular weight excluding hydrogens is 455 g/mol. The number of esters is 1. The number of fused-ring (bicyclic) bond motifs is 1. The van der Waals surface area contributed by atoms with Gasteiger partial charge in [-0.25, -0.2) is 14.2 Å². The van der Waals surface area contributed by atoms with Gasteiger partial charge in [0, 0.05) is 24.6 Å². The Kier molecular flexibility index (Phi) is 7.12. The molecule has 4 rings (SSSR count).